The number of aryl methyl sites for hydroxylation is 1. The highest BCUT2D eigenvalue weighted by Crippen LogP contribution is 2.20. The minimum Gasteiger partial charge on any atom is -0.396 e. The number of aliphatic hydroxyl groups excluding tert-OH is 1. The third-order valence-corrected chi connectivity index (χ3v) is 5.09. The fourth-order valence-electron chi connectivity index (χ4n) is 1.58. The van der Waals surface area contributed by atoms with Crippen LogP contribution in [-0.4, -0.2) is 30.3 Å². The Hall–Kier alpha value is -1.51. The van der Waals surface area contributed by atoms with Crippen molar-refractivity contribution >= 4 is 26.5 Å². The fourth-order valence-corrected chi connectivity index (χ4v) is 3.49. The number of rotatable bonds is 6. The fraction of sp³-hybridized carbons (Fsp3) is 0.333. The summed E-state index contributed by atoms with van der Waals surface area (Å²) in [7, 11) is -3.64. The maximum absolute atomic E-state index is 12.1. The maximum atomic E-state index is 12.1. The highest BCUT2D eigenvalue weighted by molar-refractivity contribution is 7.93. The van der Waals surface area contributed by atoms with Gasteiger partial charge in [0.1, 0.15) is 5.01 Å². The summed E-state index contributed by atoms with van der Waals surface area (Å²) in [6.45, 7) is 1.97. The average Bonchev–Trinajstić information content (AvgIpc) is 2.87. The smallest absolute Gasteiger partial charge is 0.263 e. The first kappa shape index (κ1) is 14.9. The lowest BCUT2D eigenvalue weighted by Gasteiger charge is -2.05. The van der Waals surface area contributed by atoms with E-state index in [4.69, 9.17) is 5.11 Å². The van der Waals surface area contributed by atoms with Crippen LogP contribution >= 0.6 is 11.3 Å². The van der Waals surface area contributed by atoms with E-state index in [9.17, 15) is 8.42 Å². The summed E-state index contributed by atoms with van der Waals surface area (Å²) in [5, 5.41) is 17.5. The van der Waals surface area contributed by atoms with Crippen LogP contribution in [0.15, 0.2) is 29.2 Å². The van der Waals surface area contributed by atoms with Gasteiger partial charge in [-0.2, -0.15) is 0 Å². The van der Waals surface area contributed by atoms with Crippen molar-refractivity contribution in [2.45, 2.75) is 24.7 Å². The second kappa shape index (κ2) is 6.29. The van der Waals surface area contributed by atoms with Crippen molar-refractivity contribution < 1.29 is 13.5 Å². The van der Waals surface area contributed by atoms with Gasteiger partial charge in [-0.1, -0.05) is 30.4 Å². The lowest BCUT2D eigenvalue weighted by atomic mass is 10.2. The largest absolute Gasteiger partial charge is 0.396 e. The normalized spacial score (nSPS) is 11.5. The zero-order chi connectivity index (χ0) is 14.6. The molecule has 1 aromatic heterocycles. The minimum atomic E-state index is -3.64. The van der Waals surface area contributed by atoms with Crippen LogP contribution in [0.25, 0.3) is 0 Å². The molecule has 0 bridgehead atoms. The monoisotopic (exact) mass is 313 g/mol. The number of sulfonamides is 1. The molecule has 0 radical (unpaired) electrons. The van der Waals surface area contributed by atoms with Gasteiger partial charge in [-0.25, -0.2) is 8.42 Å². The van der Waals surface area contributed by atoms with Gasteiger partial charge in [0.2, 0.25) is 5.13 Å². The molecule has 20 heavy (non-hydrogen) atoms. The quantitative estimate of drug-likeness (QED) is 0.842. The van der Waals surface area contributed by atoms with Crippen molar-refractivity contribution in [3.63, 3.8) is 0 Å². The van der Waals surface area contributed by atoms with E-state index in [0.29, 0.717) is 6.42 Å². The van der Waals surface area contributed by atoms with E-state index in [-0.39, 0.29) is 16.6 Å². The molecule has 1 heterocycles. The Morgan fingerprint density at radius 1 is 1.25 bits per heavy atom. The van der Waals surface area contributed by atoms with E-state index in [1.165, 1.54) is 23.5 Å². The Kier molecular flexibility index (Phi) is 4.69. The third kappa shape index (κ3) is 3.53. The van der Waals surface area contributed by atoms with Crippen LogP contribution in [0, 0.1) is 0 Å². The van der Waals surface area contributed by atoms with Crippen LogP contribution in [0.2, 0.25) is 0 Å². The lowest BCUT2D eigenvalue weighted by molar-refractivity contribution is 0.299. The molecule has 0 unspecified atom stereocenters. The van der Waals surface area contributed by atoms with Gasteiger partial charge < -0.3 is 5.11 Å². The lowest BCUT2D eigenvalue weighted by Crippen LogP contribution is -2.12. The number of aliphatic hydroxyl groups is 1. The molecule has 2 aromatic rings. The zero-order valence-electron chi connectivity index (χ0n) is 10.9. The number of benzene rings is 1. The number of aromatic nitrogens is 2. The predicted octanol–water partition coefficient (Wildman–Crippen LogP) is 1.44. The summed E-state index contributed by atoms with van der Waals surface area (Å²) in [6, 6.07) is 6.38. The number of hydrogen-bond acceptors (Lipinski definition) is 6. The molecule has 2 N–H and O–H groups in total. The van der Waals surface area contributed by atoms with Crippen LogP contribution in [0.3, 0.4) is 0 Å². The number of nitrogens with one attached hydrogen (secondary N) is 1. The molecule has 0 spiro atoms. The van der Waals surface area contributed by atoms with Crippen LogP contribution in [0.4, 0.5) is 5.13 Å². The topological polar surface area (TPSA) is 92.2 Å². The first-order valence-electron chi connectivity index (χ1n) is 6.10. The molecule has 0 saturated heterocycles. The second-order valence-corrected chi connectivity index (χ2v) is 6.82. The maximum Gasteiger partial charge on any atom is 0.263 e. The van der Waals surface area contributed by atoms with Gasteiger partial charge in [0.15, 0.2) is 0 Å². The summed E-state index contributed by atoms with van der Waals surface area (Å²) in [5.41, 5.74) is 0.885. The summed E-state index contributed by atoms with van der Waals surface area (Å²) < 4.78 is 26.7. The molecule has 2 rings (SSSR count). The van der Waals surface area contributed by atoms with Gasteiger partial charge in [0.05, 0.1) is 4.90 Å². The zero-order valence-corrected chi connectivity index (χ0v) is 12.5. The Labute approximate surface area is 121 Å². The van der Waals surface area contributed by atoms with Gasteiger partial charge in [-0.3, -0.25) is 4.72 Å². The van der Waals surface area contributed by atoms with Gasteiger partial charge >= 0.3 is 0 Å². The second-order valence-electron chi connectivity index (χ2n) is 4.08. The van der Waals surface area contributed by atoms with Crippen LogP contribution in [-0.2, 0) is 22.9 Å². The van der Waals surface area contributed by atoms with Crippen molar-refractivity contribution in [1.29, 1.82) is 0 Å². The standard InChI is InChI=1S/C12H15N3O3S2/c1-2-11-13-14-12(19-11)15-20(17,18)10-5-3-9(4-6-10)7-8-16/h3-6,16H,2,7-8H2,1H3,(H,14,15). The molecule has 108 valence electrons. The van der Waals surface area contributed by atoms with E-state index in [0.717, 1.165) is 17.0 Å². The van der Waals surface area contributed by atoms with Gasteiger partial charge in [0, 0.05) is 6.61 Å². The van der Waals surface area contributed by atoms with E-state index in [1.807, 2.05) is 6.92 Å². The molecule has 0 aliphatic rings. The molecular formula is C12H15N3O3S2. The molecule has 0 saturated carbocycles. The Morgan fingerprint density at radius 3 is 2.50 bits per heavy atom. The Bertz CT molecular complexity index is 666. The van der Waals surface area contributed by atoms with E-state index < -0.39 is 10.0 Å². The molecule has 0 aliphatic heterocycles. The molecular weight excluding hydrogens is 298 g/mol. The third-order valence-electron chi connectivity index (χ3n) is 2.63. The van der Waals surface area contributed by atoms with Crippen LogP contribution in [0.1, 0.15) is 17.5 Å². The molecule has 1 aromatic carbocycles. The van der Waals surface area contributed by atoms with Crippen molar-refractivity contribution in [3.05, 3.63) is 34.8 Å². The SMILES string of the molecule is CCc1nnc(NS(=O)(=O)c2ccc(CCO)cc2)s1. The minimum absolute atomic E-state index is 0.0366. The molecule has 0 aliphatic carbocycles. The number of hydrogen-bond donors (Lipinski definition) is 2. The molecule has 6 nitrogen and oxygen atoms in total. The van der Waals surface area contributed by atoms with Crippen molar-refractivity contribution in [2.24, 2.45) is 0 Å². The van der Waals surface area contributed by atoms with Crippen molar-refractivity contribution in [2.75, 3.05) is 11.3 Å². The van der Waals surface area contributed by atoms with E-state index >= 15 is 0 Å². The average molecular weight is 313 g/mol. The summed E-state index contributed by atoms with van der Waals surface area (Å²) in [5.74, 6) is 0. The number of anilines is 1. The number of nitrogens with zero attached hydrogens (tertiary/aromatic N) is 2. The first-order chi connectivity index (χ1) is 9.55. The van der Waals surface area contributed by atoms with Crippen molar-refractivity contribution in [1.82, 2.24) is 10.2 Å². The van der Waals surface area contributed by atoms with E-state index in [2.05, 4.69) is 14.9 Å². The molecule has 0 atom stereocenters. The Morgan fingerprint density at radius 2 is 1.95 bits per heavy atom. The van der Waals surface area contributed by atoms with Crippen LogP contribution in [0.5, 0.6) is 0 Å². The Balaban J connectivity index is 2.17. The molecule has 0 amide bonds. The van der Waals surface area contributed by atoms with Crippen LogP contribution < -0.4 is 4.72 Å². The van der Waals surface area contributed by atoms with Crippen molar-refractivity contribution in [3.8, 4) is 0 Å². The summed E-state index contributed by atoms with van der Waals surface area (Å²) in [6.07, 6.45) is 1.22. The van der Waals surface area contributed by atoms with Gasteiger partial charge in [-0.05, 0) is 30.5 Å². The molecule has 8 heteroatoms. The summed E-state index contributed by atoms with van der Waals surface area (Å²) in [4.78, 5) is 0.160. The highest BCUT2D eigenvalue weighted by atomic mass is 32.2. The predicted molar refractivity (Wildman–Crippen MR) is 77.3 cm³/mol. The first-order valence-corrected chi connectivity index (χ1v) is 8.40. The summed E-state index contributed by atoms with van der Waals surface area (Å²) >= 11 is 1.22. The van der Waals surface area contributed by atoms with Gasteiger partial charge in [-0.15, -0.1) is 10.2 Å². The van der Waals surface area contributed by atoms with E-state index in [1.54, 1.807) is 12.1 Å². The highest BCUT2D eigenvalue weighted by Gasteiger charge is 2.16. The molecule has 0 fully saturated rings. The van der Waals surface area contributed by atoms with Gasteiger partial charge in [0.25, 0.3) is 10.0 Å².